The summed E-state index contributed by atoms with van der Waals surface area (Å²) in [6.07, 6.45) is 3.70. The van der Waals surface area contributed by atoms with Crippen molar-refractivity contribution in [3.63, 3.8) is 0 Å². The van der Waals surface area contributed by atoms with Gasteiger partial charge in [-0.15, -0.1) is 0 Å². The van der Waals surface area contributed by atoms with Crippen LogP contribution in [0.5, 0.6) is 0 Å². The van der Waals surface area contributed by atoms with Gasteiger partial charge in [-0.1, -0.05) is 0 Å². The van der Waals surface area contributed by atoms with Gasteiger partial charge in [0.05, 0.1) is 11.5 Å². The molecule has 0 spiro atoms. The lowest BCUT2D eigenvalue weighted by atomic mass is 9.79. The van der Waals surface area contributed by atoms with Crippen molar-refractivity contribution in [2.75, 3.05) is 24.6 Å². The Morgan fingerprint density at radius 2 is 2.06 bits per heavy atom. The van der Waals surface area contributed by atoms with Crippen LogP contribution >= 0.6 is 11.8 Å². The molecule has 4 nitrogen and oxygen atoms in total. The first-order valence-electron chi connectivity index (χ1n) is 6.83. The Bertz CT molecular complexity index is 284. The number of carboxylic acids is 1. The molecule has 1 aliphatic carbocycles. The van der Waals surface area contributed by atoms with Crippen LogP contribution in [-0.4, -0.2) is 46.4 Å². The molecule has 1 saturated heterocycles. The number of hydrogen-bond donors (Lipinski definition) is 3. The molecule has 2 aliphatic rings. The summed E-state index contributed by atoms with van der Waals surface area (Å²) in [7, 11) is 0. The van der Waals surface area contributed by atoms with E-state index in [0.29, 0.717) is 32.2 Å². The van der Waals surface area contributed by atoms with Gasteiger partial charge in [0.2, 0.25) is 0 Å². The minimum atomic E-state index is -0.715. The van der Waals surface area contributed by atoms with E-state index in [1.165, 1.54) is 17.9 Å². The van der Waals surface area contributed by atoms with Gasteiger partial charge in [0.1, 0.15) is 0 Å². The Hall–Kier alpha value is -0.260. The van der Waals surface area contributed by atoms with Crippen LogP contribution in [0, 0.1) is 11.8 Å². The standard InChI is InChI=1S/C13H23NO3S/c15-12(16)11-1-4-13(17,5-2-11)9-14-7-10-3-6-18-8-10/h10-11,14,17H,1-9H2,(H,15,16). The molecule has 1 heterocycles. The molecule has 2 rings (SSSR count). The maximum atomic E-state index is 10.9. The van der Waals surface area contributed by atoms with E-state index in [-0.39, 0.29) is 5.92 Å². The van der Waals surface area contributed by atoms with Crippen molar-refractivity contribution < 1.29 is 15.0 Å². The summed E-state index contributed by atoms with van der Waals surface area (Å²) in [6, 6.07) is 0. The Balaban J connectivity index is 1.67. The molecule has 2 fully saturated rings. The highest BCUT2D eigenvalue weighted by Crippen LogP contribution is 2.32. The van der Waals surface area contributed by atoms with E-state index in [1.807, 2.05) is 11.8 Å². The number of thioether (sulfide) groups is 1. The number of aliphatic hydroxyl groups is 1. The zero-order chi connectivity index (χ0) is 13.0. The summed E-state index contributed by atoms with van der Waals surface area (Å²) >= 11 is 2.00. The largest absolute Gasteiger partial charge is 0.481 e. The molecule has 1 unspecified atom stereocenters. The lowest BCUT2D eigenvalue weighted by Crippen LogP contribution is -2.45. The van der Waals surface area contributed by atoms with Gasteiger partial charge < -0.3 is 15.5 Å². The van der Waals surface area contributed by atoms with E-state index in [0.717, 1.165) is 12.5 Å². The predicted molar refractivity (Wildman–Crippen MR) is 72.8 cm³/mol. The summed E-state index contributed by atoms with van der Waals surface area (Å²) < 4.78 is 0. The van der Waals surface area contributed by atoms with E-state index in [4.69, 9.17) is 5.11 Å². The van der Waals surface area contributed by atoms with Crippen LogP contribution in [-0.2, 0) is 4.79 Å². The molecule has 3 N–H and O–H groups in total. The van der Waals surface area contributed by atoms with E-state index < -0.39 is 11.6 Å². The third-order valence-electron chi connectivity index (χ3n) is 4.18. The lowest BCUT2D eigenvalue weighted by Gasteiger charge is -2.35. The van der Waals surface area contributed by atoms with E-state index in [2.05, 4.69) is 5.32 Å². The Morgan fingerprint density at radius 3 is 2.61 bits per heavy atom. The maximum Gasteiger partial charge on any atom is 0.306 e. The normalized spacial score (nSPS) is 36.7. The number of carboxylic acid groups (broad SMARTS) is 1. The minimum Gasteiger partial charge on any atom is -0.481 e. The van der Waals surface area contributed by atoms with Crippen LogP contribution < -0.4 is 5.32 Å². The molecule has 5 heteroatoms. The first-order valence-corrected chi connectivity index (χ1v) is 7.98. The SMILES string of the molecule is O=C(O)C1CCC(O)(CNCC2CCSC2)CC1. The number of nitrogens with one attached hydrogen (secondary N) is 1. The Morgan fingerprint density at radius 1 is 1.33 bits per heavy atom. The first-order chi connectivity index (χ1) is 8.59. The molecule has 0 aromatic rings. The molecule has 1 atom stereocenters. The second-order valence-electron chi connectivity index (χ2n) is 5.70. The third-order valence-corrected chi connectivity index (χ3v) is 5.41. The fourth-order valence-corrected chi connectivity index (χ4v) is 4.12. The van der Waals surface area contributed by atoms with Gasteiger partial charge in [-0.25, -0.2) is 0 Å². The molecule has 0 amide bonds. The van der Waals surface area contributed by atoms with Gasteiger partial charge >= 0.3 is 5.97 Å². The van der Waals surface area contributed by atoms with E-state index >= 15 is 0 Å². The fraction of sp³-hybridized carbons (Fsp3) is 0.923. The second-order valence-corrected chi connectivity index (χ2v) is 6.85. The van der Waals surface area contributed by atoms with Gasteiger partial charge in [0.25, 0.3) is 0 Å². The number of aliphatic carboxylic acids is 1. The maximum absolute atomic E-state index is 10.9. The van der Waals surface area contributed by atoms with Crippen LogP contribution in [0.4, 0.5) is 0 Å². The highest BCUT2D eigenvalue weighted by molar-refractivity contribution is 7.99. The molecule has 1 aliphatic heterocycles. The molecule has 0 bridgehead atoms. The molecular weight excluding hydrogens is 250 g/mol. The number of carbonyl (C=O) groups is 1. The lowest BCUT2D eigenvalue weighted by molar-refractivity contribution is -0.144. The Labute approximate surface area is 113 Å². The quantitative estimate of drug-likeness (QED) is 0.705. The van der Waals surface area contributed by atoms with Gasteiger partial charge in [-0.05, 0) is 56.1 Å². The molecule has 0 radical (unpaired) electrons. The number of rotatable bonds is 5. The van der Waals surface area contributed by atoms with E-state index in [9.17, 15) is 9.90 Å². The summed E-state index contributed by atoms with van der Waals surface area (Å²) in [5.41, 5.74) is -0.683. The summed E-state index contributed by atoms with van der Waals surface area (Å²) in [5, 5.41) is 22.7. The average molecular weight is 273 g/mol. The molecule has 104 valence electrons. The molecule has 0 aromatic carbocycles. The number of hydrogen-bond acceptors (Lipinski definition) is 4. The van der Waals surface area contributed by atoms with Gasteiger partial charge in [-0.3, -0.25) is 4.79 Å². The van der Waals surface area contributed by atoms with Gasteiger partial charge in [0, 0.05) is 6.54 Å². The molecule has 18 heavy (non-hydrogen) atoms. The molecule has 1 saturated carbocycles. The van der Waals surface area contributed by atoms with Gasteiger partial charge in [-0.2, -0.15) is 11.8 Å². The average Bonchev–Trinajstić information content (AvgIpc) is 2.82. The van der Waals surface area contributed by atoms with Crippen LogP contribution in [0.1, 0.15) is 32.1 Å². The molecule has 0 aromatic heterocycles. The van der Waals surface area contributed by atoms with Crippen LogP contribution in [0.25, 0.3) is 0 Å². The van der Waals surface area contributed by atoms with Crippen molar-refractivity contribution in [3.05, 3.63) is 0 Å². The van der Waals surface area contributed by atoms with Crippen LogP contribution in [0.2, 0.25) is 0 Å². The first kappa shape index (κ1) is 14.2. The van der Waals surface area contributed by atoms with Crippen molar-refractivity contribution in [2.24, 2.45) is 11.8 Å². The van der Waals surface area contributed by atoms with E-state index in [1.54, 1.807) is 0 Å². The van der Waals surface area contributed by atoms with Crippen molar-refractivity contribution in [1.29, 1.82) is 0 Å². The minimum absolute atomic E-state index is 0.253. The van der Waals surface area contributed by atoms with Crippen molar-refractivity contribution >= 4 is 17.7 Å². The van der Waals surface area contributed by atoms with Crippen molar-refractivity contribution in [2.45, 2.75) is 37.7 Å². The third kappa shape index (κ3) is 3.87. The van der Waals surface area contributed by atoms with Crippen LogP contribution in [0.3, 0.4) is 0 Å². The van der Waals surface area contributed by atoms with Gasteiger partial charge in [0.15, 0.2) is 0 Å². The summed E-state index contributed by atoms with van der Waals surface area (Å²) in [5.74, 6) is 2.27. The summed E-state index contributed by atoms with van der Waals surface area (Å²) in [4.78, 5) is 10.9. The highest BCUT2D eigenvalue weighted by atomic mass is 32.2. The highest BCUT2D eigenvalue weighted by Gasteiger charge is 2.35. The summed E-state index contributed by atoms with van der Waals surface area (Å²) in [6.45, 7) is 1.60. The Kier molecular flexibility index (Phi) is 4.92. The fourth-order valence-electron chi connectivity index (χ4n) is 2.83. The van der Waals surface area contributed by atoms with Crippen molar-refractivity contribution in [3.8, 4) is 0 Å². The topological polar surface area (TPSA) is 69.6 Å². The van der Waals surface area contributed by atoms with Crippen LogP contribution in [0.15, 0.2) is 0 Å². The van der Waals surface area contributed by atoms with Crippen molar-refractivity contribution in [1.82, 2.24) is 5.32 Å². The zero-order valence-corrected chi connectivity index (χ0v) is 11.5. The second kappa shape index (κ2) is 6.26. The smallest absolute Gasteiger partial charge is 0.306 e. The predicted octanol–water partition coefficient (Wildman–Crippen LogP) is 1.33. The molecular formula is C13H23NO3S. The zero-order valence-electron chi connectivity index (χ0n) is 10.7. The monoisotopic (exact) mass is 273 g/mol.